The molecule has 0 aliphatic rings. The molecule has 0 spiro atoms. The predicted octanol–water partition coefficient (Wildman–Crippen LogP) is 2.55. The van der Waals surface area contributed by atoms with E-state index >= 15 is 0 Å². The highest BCUT2D eigenvalue weighted by Crippen LogP contribution is 2.15. The Labute approximate surface area is 108 Å². The van der Waals surface area contributed by atoms with Crippen molar-refractivity contribution in [3.05, 3.63) is 35.1 Å². The Morgan fingerprint density at radius 3 is 2.78 bits per heavy atom. The van der Waals surface area contributed by atoms with Gasteiger partial charge in [0, 0.05) is 19.7 Å². The lowest BCUT2D eigenvalue weighted by Gasteiger charge is -2.27. The second kappa shape index (κ2) is 7.10. The first-order valence-electron chi connectivity index (χ1n) is 6.03. The van der Waals surface area contributed by atoms with Crippen molar-refractivity contribution >= 4 is 0 Å². The standard InChI is InChI=1S/C14H19FN2O/c1-4-17(11(2)10-18-3)9-13-7-14(15)6-5-12(13)8-16/h5-7,11H,4,9-10H2,1-3H3. The van der Waals surface area contributed by atoms with Crippen LogP contribution < -0.4 is 0 Å². The highest BCUT2D eigenvalue weighted by Gasteiger charge is 2.14. The largest absolute Gasteiger partial charge is 0.383 e. The van der Waals surface area contributed by atoms with Crippen LogP contribution in [-0.4, -0.2) is 31.2 Å². The summed E-state index contributed by atoms with van der Waals surface area (Å²) < 4.78 is 18.4. The van der Waals surface area contributed by atoms with Gasteiger partial charge < -0.3 is 4.74 Å². The molecule has 0 aliphatic carbocycles. The summed E-state index contributed by atoms with van der Waals surface area (Å²) in [6.45, 7) is 6.09. The van der Waals surface area contributed by atoms with Gasteiger partial charge >= 0.3 is 0 Å². The van der Waals surface area contributed by atoms with Crippen LogP contribution in [0, 0.1) is 17.1 Å². The van der Waals surface area contributed by atoms with E-state index in [0.717, 1.165) is 12.1 Å². The number of rotatable bonds is 6. The number of methoxy groups -OCH3 is 1. The maximum absolute atomic E-state index is 13.2. The fourth-order valence-corrected chi connectivity index (χ4v) is 1.95. The third-order valence-corrected chi connectivity index (χ3v) is 3.00. The van der Waals surface area contributed by atoms with E-state index in [4.69, 9.17) is 10.00 Å². The molecule has 0 N–H and O–H groups in total. The molecule has 1 unspecified atom stereocenters. The number of nitriles is 1. The number of halogens is 1. The molecule has 98 valence electrons. The average molecular weight is 250 g/mol. The number of likely N-dealkylation sites (N-methyl/N-ethyl adjacent to an activating group) is 1. The minimum Gasteiger partial charge on any atom is -0.383 e. The second-order valence-corrected chi connectivity index (χ2v) is 4.28. The van der Waals surface area contributed by atoms with Gasteiger partial charge in [0.15, 0.2) is 0 Å². The Balaban J connectivity index is 2.87. The summed E-state index contributed by atoms with van der Waals surface area (Å²) in [5.41, 5.74) is 1.25. The van der Waals surface area contributed by atoms with Crippen LogP contribution in [0.2, 0.25) is 0 Å². The molecule has 1 atom stereocenters. The summed E-state index contributed by atoms with van der Waals surface area (Å²) in [4.78, 5) is 2.15. The molecule has 0 aliphatic heterocycles. The molecule has 1 rings (SSSR count). The predicted molar refractivity (Wildman–Crippen MR) is 68.5 cm³/mol. The highest BCUT2D eigenvalue weighted by atomic mass is 19.1. The van der Waals surface area contributed by atoms with Crippen molar-refractivity contribution in [1.82, 2.24) is 4.90 Å². The summed E-state index contributed by atoms with van der Waals surface area (Å²) in [5, 5.41) is 9.02. The SMILES string of the molecule is CCN(Cc1cc(F)ccc1C#N)C(C)COC. The van der Waals surface area contributed by atoms with Gasteiger partial charge in [-0.05, 0) is 37.2 Å². The summed E-state index contributed by atoms with van der Waals surface area (Å²) in [6.07, 6.45) is 0. The van der Waals surface area contributed by atoms with E-state index in [1.807, 2.05) is 6.92 Å². The topological polar surface area (TPSA) is 36.3 Å². The number of nitrogens with zero attached hydrogens (tertiary/aromatic N) is 2. The molecule has 0 amide bonds. The van der Waals surface area contributed by atoms with Gasteiger partial charge in [-0.25, -0.2) is 4.39 Å². The number of ether oxygens (including phenoxy) is 1. The molecule has 0 aromatic heterocycles. The first kappa shape index (κ1) is 14.6. The summed E-state index contributed by atoms with van der Waals surface area (Å²) >= 11 is 0. The lowest BCUT2D eigenvalue weighted by atomic mass is 10.1. The maximum Gasteiger partial charge on any atom is 0.123 e. The molecule has 1 aromatic rings. The van der Waals surface area contributed by atoms with Crippen molar-refractivity contribution in [3.63, 3.8) is 0 Å². The molecule has 1 aromatic carbocycles. The summed E-state index contributed by atoms with van der Waals surface area (Å²) in [7, 11) is 1.66. The molecule has 4 heteroatoms. The van der Waals surface area contributed by atoms with Gasteiger partial charge in [0.2, 0.25) is 0 Å². The normalized spacial score (nSPS) is 12.4. The van der Waals surface area contributed by atoms with E-state index in [2.05, 4.69) is 17.9 Å². The number of hydrogen-bond acceptors (Lipinski definition) is 3. The minimum atomic E-state index is -0.306. The molecule has 3 nitrogen and oxygen atoms in total. The summed E-state index contributed by atoms with van der Waals surface area (Å²) in [5.74, 6) is -0.306. The molecule has 0 bridgehead atoms. The molecule has 0 saturated carbocycles. The molecule has 18 heavy (non-hydrogen) atoms. The summed E-state index contributed by atoms with van der Waals surface area (Å²) in [6, 6.07) is 6.60. The van der Waals surface area contributed by atoms with Crippen LogP contribution in [0.15, 0.2) is 18.2 Å². The minimum absolute atomic E-state index is 0.231. The van der Waals surface area contributed by atoms with E-state index in [1.54, 1.807) is 7.11 Å². The van der Waals surface area contributed by atoms with Crippen molar-refractivity contribution in [2.45, 2.75) is 26.4 Å². The van der Waals surface area contributed by atoms with Gasteiger partial charge in [-0.2, -0.15) is 5.26 Å². The van der Waals surface area contributed by atoms with Crippen molar-refractivity contribution < 1.29 is 9.13 Å². The molecular weight excluding hydrogens is 231 g/mol. The van der Waals surface area contributed by atoms with Crippen LogP contribution in [0.4, 0.5) is 4.39 Å². The van der Waals surface area contributed by atoms with Crippen molar-refractivity contribution in [1.29, 1.82) is 5.26 Å². The zero-order chi connectivity index (χ0) is 13.5. The van der Waals surface area contributed by atoms with Crippen molar-refractivity contribution in [2.24, 2.45) is 0 Å². The first-order valence-corrected chi connectivity index (χ1v) is 6.03. The average Bonchev–Trinajstić information content (AvgIpc) is 2.36. The Hall–Kier alpha value is -1.44. The molecule has 0 heterocycles. The fraction of sp³-hybridized carbons (Fsp3) is 0.500. The van der Waals surface area contributed by atoms with Gasteiger partial charge in [-0.1, -0.05) is 6.92 Å². The van der Waals surface area contributed by atoms with Gasteiger partial charge in [0.25, 0.3) is 0 Å². The Kier molecular flexibility index (Phi) is 5.76. The van der Waals surface area contributed by atoms with E-state index in [-0.39, 0.29) is 11.9 Å². The van der Waals surface area contributed by atoms with Crippen LogP contribution in [0.1, 0.15) is 25.0 Å². The van der Waals surface area contributed by atoms with E-state index in [0.29, 0.717) is 18.7 Å². The molecule has 0 fully saturated rings. The molecule has 0 radical (unpaired) electrons. The van der Waals surface area contributed by atoms with Crippen molar-refractivity contribution in [3.8, 4) is 6.07 Å². The van der Waals surface area contributed by atoms with Gasteiger partial charge in [-0.3, -0.25) is 4.90 Å². The van der Waals surface area contributed by atoms with Crippen LogP contribution in [0.5, 0.6) is 0 Å². The zero-order valence-corrected chi connectivity index (χ0v) is 11.1. The van der Waals surface area contributed by atoms with Gasteiger partial charge in [-0.15, -0.1) is 0 Å². The lowest BCUT2D eigenvalue weighted by Crippen LogP contribution is -2.35. The quantitative estimate of drug-likeness (QED) is 0.778. The molecule has 0 saturated heterocycles. The van der Waals surface area contributed by atoms with Gasteiger partial charge in [0.1, 0.15) is 5.82 Å². The van der Waals surface area contributed by atoms with Crippen LogP contribution in [0.25, 0.3) is 0 Å². The van der Waals surface area contributed by atoms with E-state index in [9.17, 15) is 4.39 Å². The number of benzene rings is 1. The van der Waals surface area contributed by atoms with Crippen LogP contribution >= 0.6 is 0 Å². The zero-order valence-electron chi connectivity index (χ0n) is 11.1. The molecular formula is C14H19FN2O. The Morgan fingerprint density at radius 2 is 2.22 bits per heavy atom. The van der Waals surface area contributed by atoms with Crippen LogP contribution in [-0.2, 0) is 11.3 Å². The first-order chi connectivity index (χ1) is 8.62. The highest BCUT2D eigenvalue weighted by molar-refractivity contribution is 5.37. The van der Waals surface area contributed by atoms with E-state index < -0.39 is 0 Å². The smallest absolute Gasteiger partial charge is 0.123 e. The maximum atomic E-state index is 13.2. The Bertz CT molecular complexity index is 428. The fourth-order valence-electron chi connectivity index (χ4n) is 1.95. The number of hydrogen-bond donors (Lipinski definition) is 0. The van der Waals surface area contributed by atoms with Crippen molar-refractivity contribution in [2.75, 3.05) is 20.3 Å². The second-order valence-electron chi connectivity index (χ2n) is 4.28. The Morgan fingerprint density at radius 1 is 1.50 bits per heavy atom. The third kappa shape index (κ3) is 3.80. The third-order valence-electron chi connectivity index (χ3n) is 3.00. The lowest BCUT2D eigenvalue weighted by molar-refractivity contribution is 0.0981. The van der Waals surface area contributed by atoms with Crippen LogP contribution in [0.3, 0.4) is 0 Å². The monoisotopic (exact) mass is 250 g/mol. The van der Waals surface area contributed by atoms with E-state index in [1.165, 1.54) is 18.2 Å². The van der Waals surface area contributed by atoms with Gasteiger partial charge in [0.05, 0.1) is 18.2 Å².